The zero-order valence-electron chi connectivity index (χ0n) is 13.2. The highest BCUT2D eigenvalue weighted by atomic mass is 32.2. The van der Waals surface area contributed by atoms with Crippen molar-refractivity contribution in [3.05, 3.63) is 59.2 Å². The van der Waals surface area contributed by atoms with Gasteiger partial charge in [0.2, 0.25) is 0 Å². The van der Waals surface area contributed by atoms with Crippen LogP contribution in [0.4, 0.5) is 0 Å². The minimum Gasteiger partial charge on any atom is -0.462 e. The lowest BCUT2D eigenvalue weighted by atomic mass is 10.2. The van der Waals surface area contributed by atoms with E-state index in [4.69, 9.17) is 8.92 Å². The van der Waals surface area contributed by atoms with Gasteiger partial charge in [-0.25, -0.2) is 4.79 Å². The molecule has 0 bridgehead atoms. The molecule has 0 aliphatic rings. The van der Waals surface area contributed by atoms with Crippen LogP contribution in [0.2, 0.25) is 0 Å². The summed E-state index contributed by atoms with van der Waals surface area (Å²) < 4.78 is 34.7. The van der Waals surface area contributed by atoms with E-state index in [0.29, 0.717) is 11.1 Å². The molecule has 0 fully saturated rings. The quantitative estimate of drug-likeness (QED) is 0.620. The summed E-state index contributed by atoms with van der Waals surface area (Å²) in [6.45, 7) is 5.59. The van der Waals surface area contributed by atoms with E-state index in [1.54, 1.807) is 26.0 Å². The highest BCUT2D eigenvalue weighted by Gasteiger charge is 2.19. The Bertz CT molecular complexity index is 807. The van der Waals surface area contributed by atoms with Crippen LogP contribution in [-0.2, 0) is 14.9 Å². The fourth-order valence-electron chi connectivity index (χ4n) is 2.11. The fourth-order valence-corrected chi connectivity index (χ4v) is 3.25. The van der Waals surface area contributed by atoms with Gasteiger partial charge in [-0.3, -0.25) is 0 Å². The van der Waals surface area contributed by atoms with Gasteiger partial charge in [0.15, 0.2) is 0 Å². The Labute approximate surface area is 136 Å². The van der Waals surface area contributed by atoms with Gasteiger partial charge in [0, 0.05) is 0 Å². The molecule has 2 aromatic carbocycles. The number of carbonyl (C=O) groups is 1. The number of ether oxygens (including phenoxy) is 1. The van der Waals surface area contributed by atoms with E-state index in [-0.39, 0.29) is 17.3 Å². The van der Waals surface area contributed by atoms with Crippen LogP contribution in [0.25, 0.3) is 0 Å². The maximum absolute atomic E-state index is 12.3. The van der Waals surface area contributed by atoms with Crippen LogP contribution in [0.3, 0.4) is 0 Å². The van der Waals surface area contributed by atoms with E-state index in [0.717, 1.165) is 5.56 Å². The molecule has 122 valence electrons. The normalized spacial score (nSPS) is 11.1. The molecule has 5 nitrogen and oxygen atoms in total. The van der Waals surface area contributed by atoms with Gasteiger partial charge in [0.25, 0.3) is 0 Å². The van der Waals surface area contributed by atoms with Gasteiger partial charge in [-0.2, -0.15) is 8.42 Å². The van der Waals surface area contributed by atoms with E-state index >= 15 is 0 Å². The number of aryl methyl sites for hydroxylation is 2. The molecule has 2 rings (SSSR count). The lowest BCUT2D eigenvalue weighted by molar-refractivity contribution is 0.0526. The average molecular weight is 334 g/mol. The van der Waals surface area contributed by atoms with Crippen molar-refractivity contribution in [2.45, 2.75) is 25.7 Å². The smallest absolute Gasteiger partial charge is 0.339 e. The topological polar surface area (TPSA) is 69.7 Å². The van der Waals surface area contributed by atoms with Crippen LogP contribution in [0.1, 0.15) is 28.4 Å². The maximum Gasteiger partial charge on any atom is 0.339 e. The predicted octanol–water partition coefficient (Wildman–Crippen LogP) is 3.25. The van der Waals surface area contributed by atoms with Gasteiger partial charge < -0.3 is 8.92 Å². The van der Waals surface area contributed by atoms with Gasteiger partial charge in [0.1, 0.15) is 10.6 Å². The van der Waals surface area contributed by atoms with Gasteiger partial charge >= 0.3 is 16.1 Å². The zero-order chi connectivity index (χ0) is 17.0. The van der Waals surface area contributed by atoms with Crippen LogP contribution in [0.15, 0.2) is 47.4 Å². The molecule has 0 spiro atoms. The van der Waals surface area contributed by atoms with Crippen molar-refractivity contribution in [1.82, 2.24) is 0 Å². The van der Waals surface area contributed by atoms with E-state index in [9.17, 15) is 13.2 Å². The largest absolute Gasteiger partial charge is 0.462 e. The molecule has 0 unspecified atom stereocenters. The minimum atomic E-state index is -3.92. The molecule has 6 heteroatoms. The molecule has 0 aliphatic carbocycles. The number of carbonyl (C=O) groups excluding carboxylic acids is 1. The Hall–Kier alpha value is -2.34. The van der Waals surface area contributed by atoms with Gasteiger partial charge in [0.05, 0.1) is 12.2 Å². The van der Waals surface area contributed by atoms with Crippen molar-refractivity contribution in [3.63, 3.8) is 0 Å². The van der Waals surface area contributed by atoms with Gasteiger partial charge in [-0.1, -0.05) is 17.7 Å². The summed E-state index contributed by atoms with van der Waals surface area (Å²) in [5.41, 5.74) is 1.93. The number of benzene rings is 2. The van der Waals surface area contributed by atoms with Crippen LogP contribution in [-0.4, -0.2) is 21.0 Å². The number of hydrogen-bond donors (Lipinski definition) is 0. The SMILES string of the molecule is CCOC(=O)c1ccc(OS(=O)(=O)c2ccc(C)cc2C)cc1. The van der Waals surface area contributed by atoms with E-state index < -0.39 is 16.1 Å². The molecule has 23 heavy (non-hydrogen) atoms. The summed E-state index contributed by atoms with van der Waals surface area (Å²) in [6, 6.07) is 10.8. The Morgan fingerprint density at radius 2 is 1.70 bits per heavy atom. The number of rotatable bonds is 5. The summed E-state index contributed by atoms with van der Waals surface area (Å²) >= 11 is 0. The first-order chi connectivity index (χ1) is 10.8. The first-order valence-corrected chi connectivity index (χ1v) is 8.53. The Balaban J connectivity index is 2.22. The molecule has 0 aliphatic heterocycles. The summed E-state index contributed by atoms with van der Waals surface area (Å²) in [5.74, 6) is -0.325. The first kappa shape index (κ1) is 17.0. The van der Waals surface area contributed by atoms with E-state index in [2.05, 4.69) is 0 Å². The molecule has 0 saturated carbocycles. The van der Waals surface area contributed by atoms with Crippen molar-refractivity contribution < 1.29 is 22.1 Å². The lowest BCUT2D eigenvalue weighted by Gasteiger charge is -2.10. The fraction of sp³-hybridized carbons (Fsp3) is 0.235. The molecule has 0 saturated heterocycles. The first-order valence-electron chi connectivity index (χ1n) is 7.12. The van der Waals surface area contributed by atoms with Crippen molar-refractivity contribution in [1.29, 1.82) is 0 Å². The summed E-state index contributed by atoms with van der Waals surface area (Å²) in [6.07, 6.45) is 0. The van der Waals surface area contributed by atoms with Crippen molar-refractivity contribution in [2.24, 2.45) is 0 Å². The van der Waals surface area contributed by atoms with E-state index in [1.165, 1.54) is 30.3 Å². The van der Waals surface area contributed by atoms with Crippen LogP contribution < -0.4 is 4.18 Å². The van der Waals surface area contributed by atoms with Gasteiger partial charge in [-0.05, 0) is 56.7 Å². The lowest BCUT2D eigenvalue weighted by Crippen LogP contribution is -2.11. The molecule has 0 aromatic heterocycles. The summed E-state index contributed by atoms with van der Waals surface area (Å²) in [4.78, 5) is 11.7. The molecule has 0 amide bonds. The molecule has 0 radical (unpaired) electrons. The number of esters is 1. The molecular formula is C17H18O5S. The second-order valence-corrected chi connectivity index (χ2v) is 6.57. The molecule has 0 atom stereocenters. The van der Waals surface area contributed by atoms with Crippen molar-refractivity contribution >= 4 is 16.1 Å². The third-order valence-corrected chi connectivity index (χ3v) is 4.58. The second kappa shape index (κ2) is 6.83. The third kappa shape index (κ3) is 4.10. The average Bonchev–Trinajstić information content (AvgIpc) is 2.47. The van der Waals surface area contributed by atoms with Crippen LogP contribution in [0, 0.1) is 13.8 Å². The Morgan fingerprint density at radius 1 is 1.04 bits per heavy atom. The van der Waals surface area contributed by atoms with Crippen LogP contribution >= 0.6 is 0 Å². The van der Waals surface area contributed by atoms with E-state index in [1.807, 2.05) is 6.92 Å². The van der Waals surface area contributed by atoms with Gasteiger partial charge in [-0.15, -0.1) is 0 Å². The van der Waals surface area contributed by atoms with Crippen molar-refractivity contribution in [3.8, 4) is 5.75 Å². The highest BCUT2D eigenvalue weighted by Crippen LogP contribution is 2.22. The monoisotopic (exact) mass is 334 g/mol. The minimum absolute atomic E-state index is 0.123. The molecule has 0 heterocycles. The Morgan fingerprint density at radius 3 is 2.26 bits per heavy atom. The maximum atomic E-state index is 12.3. The molecule has 2 aromatic rings. The summed E-state index contributed by atoms with van der Waals surface area (Å²) in [7, 11) is -3.92. The summed E-state index contributed by atoms with van der Waals surface area (Å²) in [5, 5.41) is 0. The second-order valence-electron chi connectivity index (χ2n) is 5.05. The predicted molar refractivity (Wildman–Crippen MR) is 86.1 cm³/mol. The zero-order valence-corrected chi connectivity index (χ0v) is 14.0. The molecule has 0 N–H and O–H groups in total. The van der Waals surface area contributed by atoms with Crippen LogP contribution in [0.5, 0.6) is 5.75 Å². The highest BCUT2D eigenvalue weighted by molar-refractivity contribution is 7.87. The molecular weight excluding hydrogens is 316 g/mol. The standard InChI is InChI=1S/C17H18O5S/c1-4-21-17(18)14-6-8-15(9-7-14)22-23(19,20)16-10-5-12(2)11-13(16)3/h5-11H,4H2,1-3H3. The Kier molecular flexibility index (Phi) is 5.05. The van der Waals surface area contributed by atoms with Crippen molar-refractivity contribution in [2.75, 3.05) is 6.61 Å². The number of hydrogen-bond acceptors (Lipinski definition) is 5. The third-order valence-electron chi connectivity index (χ3n) is 3.17.